The van der Waals surface area contributed by atoms with Crippen LogP contribution in [-0.4, -0.2) is 27.3 Å². The number of hydrogen-bond acceptors (Lipinski definition) is 0. The Balaban J connectivity index is -0.0000000213. The maximum atomic E-state index is 6.75. The molecule has 0 heterocycles. The van der Waals surface area contributed by atoms with E-state index in [1.807, 2.05) is 0 Å². The van der Waals surface area contributed by atoms with Gasteiger partial charge in [0.1, 0.15) is 0 Å². The van der Waals surface area contributed by atoms with E-state index in [1.165, 1.54) is 19.6 Å². The molecule has 68 valence electrons. The van der Waals surface area contributed by atoms with Crippen molar-refractivity contribution in [2.24, 2.45) is 0 Å². The first-order chi connectivity index (χ1) is 5.66. The molecule has 0 bridgehead atoms. The third-order valence-corrected chi connectivity index (χ3v) is 0. The van der Waals surface area contributed by atoms with Crippen LogP contribution in [0.25, 0.3) is 63.9 Å². The van der Waals surface area contributed by atoms with Crippen LogP contribution in [0.1, 0.15) is 0 Å². The number of rotatable bonds is 0. The minimum absolute atomic E-state index is 0. The van der Waals surface area contributed by atoms with Gasteiger partial charge in [-0.15, -0.1) is 0 Å². The van der Waals surface area contributed by atoms with E-state index in [0.717, 1.165) is 0 Å². The Morgan fingerprint density at radius 1 is 0.385 bits per heavy atom. The normalized spacial score (nSPS) is 2.46. The predicted octanol–water partition coefficient (Wildman–Crippen LogP) is 3.08. The zero-order chi connectivity index (χ0) is 10.8. The molecule has 0 fully saturated rings. The maximum Gasteiger partial charge on any atom is 0 e. The summed E-state index contributed by atoms with van der Waals surface area (Å²) in [6, 6.07) is 0. The fourth-order valence-electron chi connectivity index (χ4n) is 0. The Hall–Kier alpha value is -1.84. The van der Waals surface area contributed by atoms with Gasteiger partial charge in [0.2, 0.25) is 0 Å². The molecular weight excluding hydrogens is 375 g/mol. The van der Waals surface area contributed by atoms with Gasteiger partial charge in [-0.2, -0.15) is 0 Å². The molecule has 4 radical (unpaired) electrons. The van der Waals surface area contributed by atoms with Crippen LogP contribution in [0.15, 0.2) is 0 Å². The maximum absolute atomic E-state index is 6.75. The van der Waals surface area contributed by atoms with E-state index in [2.05, 4.69) is 0 Å². The molecule has 0 saturated heterocycles. The summed E-state index contributed by atoms with van der Waals surface area (Å²) in [5.74, 6) is 0. The van der Waals surface area contributed by atoms with Crippen molar-refractivity contribution in [2.45, 2.75) is 0 Å². The fraction of sp³-hybridized carbons (Fsp3) is 0. The Kier molecular flexibility index (Phi) is 426. The van der Waals surface area contributed by atoms with Crippen LogP contribution in [0.3, 0.4) is 0 Å². The van der Waals surface area contributed by atoms with Gasteiger partial charge < -0.3 is 44.2 Å². The molecule has 0 amide bonds. The SMILES string of the molecule is [N-]=[N+]=[N-].[N-]=[N+]=[N-].[N-]=[N+]=[N-].[N-]=[N+]=[N-].[Pb]. The molecule has 12 nitrogen and oxygen atoms in total. The number of hydrogen-bond donors (Lipinski definition) is 0. The van der Waals surface area contributed by atoms with E-state index >= 15 is 0 Å². The minimum Gasteiger partial charge on any atom is -0.373 e. The van der Waals surface area contributed by atoms with Gasteiger partial charge in [0, 0.05) is 27.3 Å². The van der Waals surface area contributed by atoms with Gasteiger partial charge in [0.05, 0.1) is 0 Å². The standard InChI is InChI=1S/4N3.Pb/c4*1-3-2;/q4*-1;. The molecule has 0 rings (SSSR count). The summed E-state index contributed by atoms with van der Waals surface area (Å²) in [6.07, 6.45) is 0. The summed E-state index contributed by atoms with van der Waals surface area (Å²) in [5.41, 5.74) is 54.0. The van der Waals surface area contributed by atoms with Gasteiger partial charge >= 0.3 is 0 Å². The topological polar surface area (TPSA) is 235 Å². The predicted molar refractivity (Wildman–Crippen MR) is 46.1 cm³/mol. The second-order valence-corrected chi connectivity index (χ2v) is 0.358. The second-order valence-electron chi connectivity index (χ2n) is 0.358. The quantitative estimate of drug-likeness (QED) is 0.257. The molecule has 0 spiro atoms. The number of nitrogens with zero attached hydrogens (tertiary/aromatic N) is 12. The molecule has 13 heavy (non-hydrogen) atoms. The Labute approximate surface area is 91.4 Å². The van der Waals surface area contributed by atoms with Gasteiger partial charge in [0.25, 0.3) is 0 Å². The van der Waals surface area contributed by atoms with Crippen LogP contribution in [-0.2, 0) is 0 Å². The van der Waals surface area contributed by atoms with Crippen LogP contribution in [0.5, 0.6) is 0 Å². The van der Waals surface area contributed by atoms with Crippen LogP contribution < -0.4 is 0 Å². The van der Waals surface area contributed by atoms with E-state index in [0.29, 0.717) is 0 Å². The molecule has 0 saturated carbocycles. The molecular formula is N12Pb-4. The van der Waals surface area contributed by atoms with Crippen molar-refractivity contribution >= 4 is 27.3 Å². The summed E-state index contributed by atoms with van der Waals surface area (Å²) in [4.78, 5) is 6.00. The monoisotopic (exact) mass is 376 g/mol. The van der Waals surface area contributed by atoms with Gasteiger partial charge in [-0.3, -0.25) is 19.6 Å². The van der Waals surface area contributed by atoms with Crippen LogP contribution in [0, 0.1) is 0 Å². The van der Waals surface area contributed by atoms with Crippen molar-refractivity contribution in [1.82, 2.24) is 0 Å². The van der Waals surface area contributed by atoms with Crippen LogP contribution in [0.4, 0.5) is 0 Å². The van der Waals surface area contributed by atoms with Crippen molar-refractivity contribution in [3.63, 3.8) is 0 Å². The average molecular weight is 375 g/mol. The molecule has 0 N–H and O–H groups in total. The van der Waals surface area contributed by atoms with Gasteiger partial charge in [-0.1, -0.05) is 0 Å². The molecule has 0 atom stereocenters. The summed E-state index contributed by atoms with van der Waals surface area (Å²) in [5, 5.41) is 0. The summed E-state index contributed by atoms with van der Waals surface area (Å²) < 4.78 is 0. The largest absolute Gasteiger partial charge is 0.373 e. The molecule has 13 heteroatoms. The molecule has 0 unspecified atom stereocenters. The Morgan fingerprint density at radius 2 is 0.385 bits per heavy atom. The van der Waals surface area contributed by atoms with Crippen molar-refractivity contribution in [2.75, 3.05) is 0 Å². The van der Waals surface area contributed by atoms with E-state index in [9.17, 15) is 0 Å². The Morgan fingerprint density at radius 3 is 0.385 bits per heavy atom. The molecule has 0 aliphatic rings. The fourth-order valence-corrected chi connectivity index (χ4v) is 0. The molecule has 0 aromatic rings. The smallest absolute Gasteiger partial charge is 0 e. The van der Waals surface area contributed by atoms with Gasteiger partial charge in [-0.25, -0.2) is 0 Å². The molecule has 0 aromatic carbocycles. The third-order valence-electron chi connectivity index (χ3n) is 0. The van der Waals surface area contributed by atoms with Crippen LogP contribution in [0.2, 0.25) is 0 Å². The van der Waals surface area contributed by atoms with Crippen molar-refractivity contribution in [3.8, 4) is 0 Å². The first kappa shape index (κ1) is 30.4. The minimum atomic E-state index is 0. The Bertz CT molecular complexity index is 137. The molecule has 0 aromatic heterocycles. The van der Waals surface area contributed by atoms with E-state index in [4.69, 9.17) is 44.2 Å². The third kappa shape index (κ3) is 200. The average Bonchev–Trinajstić information content (AvgIpc) is 1.92. The van der Waals surface area contributed by atoms with E-state index in [1.54, 1.807) is 0 Å². The molecule has 0 aliphatic carbocycles. The van der Waals surface area contributed by atoms with Crippen LogP contribution >= 0.6 is 0 Å². The first-order valence-electron chi connectivity index (χ1n) is 1.60. The summed E-state index contributed by atoms with van der Waals surface area (Å²) in [7, 11) is 0. The summed E-state index contributed by atoms with van der Waals surface area (Å²) >= 11 is 0. The first-order valence-corrected chi connectivity index (χ1v) is 1.60. The molecule has 0 aliphatic heterocycles. The van der Waals surface area contributed by atoms with Crippen molar-refractivity contribution in [3.05, 3.63) is 63.9 Å². The zero-order valence-electron chi connectivity index (χ0n) is 5.87. The zero-order valence-corrected chi connectivity index (χ0v) is 9.75. The van der Waals surface area contributed by atoms with E-state index < -0.39 is 0 Å². The van der Waals surface area contributed by atoms with Crippen molar-refractivity contribution in [1.29, 1.82) is 0 Å². The van der Waals surface area contributed by atoms with E-state index in [-0.39, 0.29) is 27.3 Å². The van der Waals surface area contributed by atoms with Crippen molar-refractivity contribution < 1.29 is 0 Å². The van der Waals surface area contributed by atoms with Gasteiger partial charge in [0.15, 0.2) is 0 Å². The second kappa shape index (κ2) is 182. The summed E-state index contributed by atoms with van der Waals surface area (Å²) in [6.45, 7) is 0. The van der Waals surface area contributed by atoms with Gasteiger partial charge in [-0.05, 0) is 0 Å².